The average Bonchev–Trinajstić information content (AvgIpc) is 3.42. The molecule has 5 N–H and O–H groups in total. The first kappa shape index (κ1) is 35.8. The molecule has 4 atom stereocenters. The van der Waals surface area contributed by atoms with Crippen molar-refractivity contribution in [1.82, 2.24) is 25.2 Å². The van der Waals surface area contributed by atoms with Gasteiger partial charge < -0.3 is 26.1 Å². The number of nitrogens with two attached hydrogens (primary N) is 1. The van der Waals surface area contributed by atoms with Gasteiger partial charge >= 0.3 is 12.1 Å². The van der Waals surface area contributed by atoms with E-state index in [1.807, 2.05) is 26.8 Å². The maximum atomic E-state index is 14.2. The third-order valence-electron chi connectivity index (χ3n) is 9.87. The van der Waals surface area contributed by atoms with Gasteiger partial charge in [0.2, 0.25) is 11.8 Å². The molecule has 15 heteroatoms. The van der Waals surface area contributed by atoms with Crippen LogP contribution in [-0.2, 0) is 20.7 Å². The highest BCUT2D eigenvalue weighted by Crippen LogP contribution is 2.42. The van der Waals surface area contributed by atoms with E-state index in [4.69, 9.17) is 20.2 Å². The maximum Gasteiger partial charge on any atom is 0.393 e. The number of likely N-dealkylation sites (N-methyl/N-ethyl adjacent to an activating group) is 1. The number of rotatable bonds is 10. The first-order valence-corrected chi connectivity index (χ1v) is 16.7. The molecule has 0 aromatic carbocycles. The third-order valence-corrected chi connectivity index (χ3v) is 9.87. The number of amides is 2. The number of hydrogen-bond acceptors (Lipinski definition) is 6. The number of carbonyl (C=O) groups is 2. The second-order valence-corrected chi connectivity index (χ2v) is 14.0. The number of piperidine rings is 1. The molecule has 2 aliphatic heterocycles. The minimum Gasteiger partial charge on any atom is -0.376 e. The van der Waals surface area contributed by atoms with Gasteiger partial charge in [-0.15, -0.1) is 0 Å². The summed E-state index contributed by atoms with van der Waals surface area (Å²) in [6.45, 7) is 6.36. The lowest BCUT2D eigenvalue weighted by Crippen LogP contribution is -2.83. The Morgan fingerprint density at radius 1 is 1.27 bits per heavy atom. The molecule has 1 saturated carbocycles. The van der Waals surface area contributed by atoms with E-state index in [0.29, 0.717) is 43.0 Å². The zero-order chi connectivity index (χ0) is 34.9. The van der Waals surface area contributed by atoms with E-state index in [2.05, 4.69) is 10.6 Å². The average molecular weight is 683 g/mol. The van der Waals surface area contributed by atoms with Gasteiger partial charge in [0.25, 0.3) is 0 Å². The molecule has 0 radical (unpaired) electrons. The zero-order valence-electron chi connectivity index (χ0n) is 27.5. The van der Waals surface area contributed by atoms with E-state index in [-0.39, 0.29) is 56.1 Å². The Balaban J connectivity index is 1.54. The topological polar surface area (TPSA) is 138 Å². The van der Waals surface area contributed by atoms with Crippen molar-refractivity contribution in [2.24, 2.45) is 17.8 Å². The lowest BCUT2D eigenvalue weighted by Gasteiger charge is -2.36. The summed E-state index contributed by atoms with van der Waals surface area (Å²) in [4.78, 5) is 31.0. The lowest BCUT2D eigenvalue weighted by atomic mass is 9.80. The van der Waals surface area contributed by atoms with E-state index in [9.17, 15) is 31.5 Å². The van der Waals surface area contributed by atoms with Crippen molar-refractivity contribution in [3.8, 4) is 0 Å². The highest BCUT2D eigenvalue weighted by atomic mass is 19.4. The van der Waals surface area contributed by atoms with Crippen LogP contribution in [0, 0.1) is 23.2 Å². The number of halogens is 5. The largest absolute Gasteiger partial charge is 0.393 e. The van der Waals surface area contributed by atoms with Gasteiger partial charge in [0.05, 0.1) is 41.7 Å². The summed E-state index contributed by atoms with van der Waals surface area (Å²) in [5, 5.41) is 19.4. The Labute approximate surface area is 276 Å². The van der Waals surface area contributed by atoms with Gasteiger partial charge in [0.1, 0.15) is 0 Å². The summed E-state index contributed by atoms with van der Waals surface area (Å²) in [5.41, 5.74) is 1.94. The molecule has 10 nitrogen and oxygen atoms in total. The van der Waals surface area contributed by atoms with Crippen LogP contribution in [0.15, 0.2) is 24.0 Å². The number of alkyl halides is 5. The Morgan fingerprint density at radius 3 is 2.65 bits per heavy atom. The summed E-state index contributed by atoms with van der Waals surface area (Å²) in [7, 11) is 0. The quantitative estimate of drug-likeness (QED) is 0.168. The second-order valence-electron chi connectivity index (χ2n) is 14.0. The highest BCUT2D eigenvalue weighted by Gasteiger charge is 2.45. The zero-order valence-corrected chi connectivity index (χ0v) is 27.5. The predicted octanol–water partition coefficient (Wildman–Crippen LogP) is 4.36. The summed E-state index contributed by atoms with van der Waals surface area (Å²) >= 11 is 0. The standard InChI is InChI=1S/C33H44F5N7O3/c1-4-40-24(7-11-39)30(47)43-28(19-5-9-32(34,35)10-6-19)26-18-45-27(42-26)15-23(20-8-12-48-31(2,3)16-20)25(44-45)14-21-13-22(33(36,37)38)17-41-29(21)46/h7,11,15,18-22,28,39-40H,4-6,8-10,12-14,16-17H2,1-3H3,(H,41,46)(H,43,47)/p+1/b24-7-,39-11?/t20?,21-,22-,28?/m1/s1. The number of aromatic nitrogens is 3. The second kappa shape index (κ2) is 14.2. The van der Waals surface area contributed by atoms with E-state index < -0.39 is 53.9 Å². The number of ether oxygens (including phenoxy) is 1. The molecule has 2 amide bonds. The van der Waals surface area contributed by atoms with E-state index >= 15 is 0 Å². The molecule has 2 unspecified atom stereocenters. The number of quaternary nitrogens is 1. The first-order valence-electron chi connectivity index (χ1n) is 16.7. The summed E-state index contributed by atoms with van der Waals surface area (Å²) in [6.07, 6.45) is 0.154. The van der Waals surface area contributed by atoms with Crippen LogP contribution in [0.3, 0.4) is 0 Å². The molecule has 3 fully saturated rings. The molecule has 2 saturated heterocycles. The van der Waals surface area contributed by atoms with Crippen molar-refractivity contribution < 1.29 is 41.6 Å². The molecular formula is C33H45F5N7O3+. The van der Waals surface area contributed by atoms with Gasteiger partial charge in [0.15, 0.2) is 11.3 Å². The highest BCUT2D eigenvalue weighted by molar-refractivity contribution is 5.94. The molecule has 2 aromatic heterocycles. The molecule has 4 heterocycles. The van der Waals surface area contributed by atoms with Crippen molar-refractivity contribution in [3.63, 3.8) is 0 Å². The fourth-order valence-corrected chi connectivity index (χ4v) is 7.31. The van der Waals surface area contributed by atoms with E-state index in [0.717, 1.165) is 11.8 Å². The van der Waals surface area contributed by atoms with Crippen LogP contribution >= 0.6 is 0 Å². The molecule has 264 valence electrons. The van der Waals surface area contributed by atoms with Gasteiger partial charge in [-0.2, -0.15) is 18.3 Å². The van der Waals surface area contributed by atoms with Gasteiger partial charge in [-0.25, -0.2) is 18.3 Å². The molecule has 3 aliphatic rings. The Hall–Kier alpha value is -3.46. The number of nitrogens with one attached hydrogen (secondary N) is 3. The van der Waals surface area contributed by atoms with Crippen LogP contribution in [-0.4, -0.2) is 70.0 Å². The van der Waals surface area contributed by atoms with Crippen LogP contribution in [0.4, 0.5) is 22.0 Å². The number of allylic oxidation sites excluding steroid dienone is 1. The molecule has 1 aliphatic carbocycles. The van der Waals surface area contributed by atoms with Gasteiger partial charge in [-0.3, -0.25) is 9.59 Å². The molecule has 2 aromatic rings. The number of imidazole rings is 1. The van der Waals surface area contributed by atoms with Crippen molar-refractivity contribution in [3.05, 3.63) is 41.0 Å². The Morgan fingerprint density at radius 2 is 2.00 bits per heavy atom. The van der Waals surface area contributed by atoms with Crippen molar-refractivity contribution in [1.29, 1.82) is 5.41 Å². The first-order chi connectivity index (χ1) is 22.6. The van der Waals surface area contributed by atoms with Crippen molar-refractivity contribution >= 4 is 23.7 Å². The molecule has 48 heavy (non-hydrogen) atoms. The minimum absolute atomic E-state index is 0.00249. The monoisotopic (exact) mass is 682 g/mol. The van der Waals surface area contributed by atoms with Crippen molar-refractivity contribution in [2.45, 2.75) is 102 Å². The van der Waals surface area contributed by atoms with Gasteiger partial charge in [-0.1, -0.05) is 0 Å². The molecular weight excluding hydrogens is 637 g/mol. The van der Waals surface area contributed by atoms with Crippen LogP contribution in [0.25, 0.3) is 5.65 Å². The number of hydrogen-bond donors (Lipinski definition) is 4. The molecule has 5 rings (SSSR count). The van der Waals surface area contributed by atoms with Crippen LogP contribution in [0.5, 0.6) is 0 Å². The van der Waals surface area contributed by atoms with Crippen LogP contribution < -0.4 is 16.0 Å². The minimum atomic E-state index is -4.44. The number of carbonyl (C=O) groups excluding carboxylic acids is 2. The van der Waals surface area contributed by atoms with Crippen LogP contribution in [0.1, 0.15) is 94.6 Å². The van der Waals surface area contributed by atoms with Gasteiger partial charge in [0, 0.05) is 50.6 Å². The van der Waals surface area contributed by atoms with Crippen LogP contribution in [0.2, 0.25) is 0 Å². The fraction of sp³-hybridized carbons (Fsp3) is 0.667. The number of fused-ring (bicyclic) bond motifs is 1. The van der Waals surface area contributed by atoms with E-state index in [1.54, 1.807) is 11.5 Å². The third kappa shape index (κ3) is 8.39. The SMILES string of the molecule is CC[NH2+]/C(=C\C=N)C(=O)NC(c1cn2nc(C[C@H]3C[C@@H](C(F)(F)F)CNC3=O)c(C3CCOC(C)(C)C3)cc2n1)C1CCC(F)(F)CC1. The fourth-order valence-electron chi connectivity index (χ4n) is 7.31. The molecule has 0 bridgehead atoms. The van der Waals surface area contributed by atoms with Gasteiger partial charge in [-0.05, 0) is 76.3 Å². The predicted molar refractivity (Wildman–Crippen MR) is 166 cm³/mol. The summed E-state index contributed by atoms with van der Waals surface area (Å²) in [6, 6.07) is 1.11. The van der Waals surface area contributed by atoms with Crippen molar-refractivity contribution in [2.75, 3.05) is 19.7 Å². The van der Waals surface area contributed by atoms with E-state index in [1.165, 1.54) is 10.6 Å². The lowest BCUT2D eigenvalue weighted by molar-refractivity contribution is -0.597. The Bertz CT molecular complexity index is 1530. The smallest absolute Gasteiger partial charge is 0.376 e. The number of nitrogens with zero attached hydrogens (tertiary/aromatic N) is 3. The molecule has 0 spiro atoms. The summed E-state index contributed by atoms with van der Waals surface area (Å²) < 4.78 is 76.8. The normalized spacial score (nSPS) is 25.8. The summed E-state index contributed by atoms with van der Waals surface area (Å²) in [5.74, 6) is -6.68. The Kier molecular flexibility index (Phi) is 10.6. The maximum absolute atomic E-state index is 14.2.